The molecule has 0 spiro atoms. The van der Waals surface area contributed by atoms with Crippen LogP contribution < -0.4 is 10.9 Å². The summed E-state index contributed by atoms with van der Waals surface area (Å²) in [4.78, 5) is 28.1. The first kappa shape index (κ1) is 17.2. The van der Waals surface area contributed by atoms with Crippen LogP contribution in [0.25, 0.3) is 11.3 Å². The Kier molecular flexibility index (Phi) is 5.51. The highest BCUT2D eigenvalue weighted by Crippen LogP contribution is 2.24. The van der Waals surface area contributed by atoms with Crippen molar-refractivity contribution in [1.82, 2.24) is 25.0 Å². The lowest BCUT2D eigenvalue weighted by Gasteiger charge is -2.06. The van der Waals surface area contributed by atoms with Crippen molar-refractivity contribution in [3.63, 3.8) is 0 Å². The van der Waals surface area contributed by atoms with E-state index in [0.29, 0.717) is 10.8 Å². The number of thioether (sulfide) groups is 1. The van der Waals surface area contributed by atoms with Crippen molar-refractivity contribution in [2.75, 3.05) is 11.1 Å². The maximum atomic E-state index is 12.2. The molecule has 0 aliphatic heterocycles. The zero-order valence-corrected chi connectivity index (χ0v) is 14.9. The highest BCUT2D eigenvalue weighted by molar-refractivity contribution is 8.01. The summed E-state index contributed by atoms with van der Waals surface area (Å²) in [6, 6.07) is 6.57. The molecule has 0 saturated heterocycles. The quantitative estimate of drug-likeness (QED) is 0.519. The van der Waals surface area contributed by atoms with Gasteiger partial charge in [-0.25, -0.2) is 4.68 Å². The number of carbonyl (C=O) groups is 1. The predicted octanol–water partition coefficient (Wildman–Crippen LogP) is 1.91. The van der Waals surface area contributed by atoms with E-state index in [1.807, 2.05) is 6.92 Å². The standard InChI is InChI=1S/C15H14N6O2S2/c1-2-24-15-19-18-14(25-15)17-12(22)9-21-13(23)4-3-11(20-21)10-5-7-16-8-6-10/h3-8H,2,9H2,1H3,(H,17,18,22). The number of pyridine rings is 1. The molecular weight excluding hydrogens is 360 g/mol. The molecule has 25 heavy (non-hydrogen) atoms. The minimum atomic E-state index is -0.384. The summed E-state index contributed by atoms with van der Waals surface area (Å²) in [7, 11) is 0. The van der Waals surface area contributed by atoms with Crippen molar-refractivity contribution in [2.45, 2.75) is 17.8 Å². The van der Waals surface area contributed by atoms with Crippen LogP contribution in [-0.2, 0) is 11.3 Å². The molecule has 0 radical (unpaired) electrons. The average molecular weight is 374 g/mol. The Morgan fingerprint density at radius 2 is 2.04 bits per heavy atom. The second kappa shape index (κ2) is 7.99. The number of aromatic nitrogens is 5. The molecule has 0 fully saturated rings. The minimum Gasteiger partial charge on any atom is -0.299 e. The van der Waals surface area contributed by atoms with Crippen LogP contribution >= 0.6 is 23.1 Å². The Balaban J connectivity index is 1.73. The molecule has 1 N–H and O–H groups in total. The van der Waals surface area contributed by atoms with Gasteiger partial charge < -0.3 is 0 Å². The van der Waals surface area contributed by atoms with E-state index < -0.39 is 0 Å². The Bertz CT molecular complexity index is 925. The number of anilines is 1. The molecule has 8 nitrogen and oxygen atoms in total. The molecule has 10 heteroatoms. The summed E-state index contributed by atoms with van der Waals surface area (Å²) in [5.41, 5.74) is 1.05. The van der Waals surface area contributed by atoms with Gasteiger partial charge >= 0.3 is 0 Å². The first-order valence-corrected chi connectivity index (χ1v) is 9.20. The van der Waals surface area contributed by atoms with Gasteiger partial charge in [-0.15, -0.1) is 10.2 Å². The Morgan fingerprint density at radius 1 is 1.24 bits per heavy atom. The van der Waals surface area contributed by atoms with Crippen LogP contribution in [0.2, 0.25) is 0 Å². The number of nitrogens with zero attached hydrogens (tertiary/aromatic N) is 5. The summed E-state index contributed by atoms with van der Waals surface area (Å²) in [5, 5.41) is 15.1. The van der Waals surface area contributed by atoms with E-state index >= 15 is 0 Å². The molecule has 3 heterocycles. The van der Waals surface area contributed by atoms with E-state index in [4.69, 9.17) is 0 Å². The number of hydrogen-bond acceptors (Lipinski definition) is 8. The Hall–Kier alpha value is -2.59. The van der Waals surface area contributed by atoms with Gasteiger partial charge in [-0.1, -0.05) is 30.0 Å². The minimum absolute atomic E-state index is 0.201. The van der Waals surface area contributed by atoms with E-state index in [1.165, 1.54) is 17.4 Å². The lowest BCUT2D eigenvalue weighted by molar-refractivity contribution is -0.117. The summed E-state index contributed by atoms with van der Waals surface area (Å²) < 4.78 is 1.90. The molecule has 0 aliphatic carbocycles. The molecule has 1 amide bonds. The molecule has 3 aromatic heterocycles. The second-order valence-electron chi connectivity index (χ2n) is 4.80. The maximum absolute atomic E-state index is 12.2. The summed E-state index contributed by atoms with van der Waals surface area (Å²) in [6.07, 6.45) is 3.28. The third-order valence-electron chi connectivity index (χ3n) is 3.06. The van der Waals surface area contributed by atoms with E-state index in [9.17, 15) is 9.59 Å². The SMILES string of the molecule is CCSc1nnc(NC(=O)Cn2nc(-c3ccncc3)ccc2=O)s1. The third-order valence-corrected chi connectivity index (χ3v) is 4.91. The lowest BCUT2D eigenvalue weighted by Crippen LogP contribution is -2.29. The lowest BCUT2D eigenvalue weighted by atomic mass is 10.2. The Morgan fingerprint density at radius 3 is 2.80 bits per heavy atom. The van der Waals surface area contributed by atoms with E-state index in [0.717, 1.165) is 20.3 Å². The summed E-state index contributed by atoms with van der Waals surface area (Å²) >= 11 is 2.84. The molecule has 0 atom stereocenters. The van der Waals surface area contributed by atoms with Gasteiger partial charge in [0.05, 0.1) is 5.69 Å². The second-order valence-corrected chi connectivity index (χ2v) is 7.29. The number of hydrogen-bond donors (Lipinski definition) is 1. The number of nitrogens with one attached hydrogen (secondary N) is 1. The molecule has 3 aromatic rings. The first-order chi connectivity index (χ1) is 12.2. The summed E-state index contributed by atoms with van der Waals surface area (Å²) in [5.74, 6) is 0.495. The fraction of sp³-hybridized carbons (Fsp3) is 0.200. The van der Waals surface area contributed by atoms with E-state index in [2.05, 4.69) is 25.6 Å². The van der Waals surface area contributed by atoms with Gasteiger partial charge in [0.25, 0.3) is 5.56 Å². The van der Waals surface area contributed by atoms with Crippen molar-refractivity contribution in [2.24, 2.45) is 0 Å². The van der Waals surface area contributed by atoms with Gasteiger partial charge in [0.2, 0.25) is 11.0 Å². The fourth-order valence-corrected chi connectivity index (χ4v) is 3.64. The highest BCUT2D eigenvalue weighted by Gasteiger charge is 2.11. The number of amides is 1. The van der Waals surface area contributed by atoms with Crippen LogP contribution in [0, 0.1) is 0 Å². The van der Waals surface area contributed by atoms with Gasteiger partial charge in [0.15, 0.2) is 4.34 Å². The fourth-order valence-electron chi connectivity index (χ4n) is 1.98. The van der Waals surface area contributed by atoms with Crippen molar-refractivity contribution in [3.05, 3.63) is 47.0 Å². The first-order valence-electron chi connectivity index (χ1n) is 7.40. The van der Waals surface area contributed by atoms with Crippen LogP contribution in [0.4, 0.5) is 5.13 Å². The van der Waals surface area contributed by atoms with Crippen LogP contribution in [0.5, 0.6) is 0 Å². The zero-order valence-electron chi connectivity index (χ0n) is 13.2. The van der Waals surface area contributed by atoms with E-state index in [-0.39, 0.29) is 18.0 Å². The smallest absolute Gasteiger partial charge is 0.267 e. The van der Waals surface area contributed by atoms with E-state index in [1.54, 1.807) is 42.4 Å². The summed E-state index contributed by atoms with van der Waals surface area (Å²) in [6.45, 7) is 1.81. The predicted molar refractivity (Wildman–Crippen MR) is 96.7 cm³/mol. The molecule has 0 aromatic carbocycles. The number of carbonyl (C=O) groups excluding carboxylic acids is 1. The molecule has 3 rings (SSSR count). The zero-order chi connectivity index (χ0) is 17.6. The van der Waals surface area contributed by atoms with Crippen LogP contribution in [0.15, 0.2) is 45.8 Å². The largest absolute Gasteiger partial charge is 0.299 e. The molecular formula is C15H14N6O2S2. The van der Waals surface area contributed by atoms with Crippen LogP contribution in [-0.4, -0.2) is 36.6 Å². The maximum Gasteiger partial charge on any atom is 0.267 e. The number of rotatable bonds is 6. The molecule has 0 saturated carbocycles. The Labute approximate surface area is 151 Å². The van der Waals surface area contributed by atoms with Crippen molar-refractivity contribution in [1.29, 1.82) is 0 Å². The normalized spacial score (nSPS) is 10.6. The van der Waals surface area contributed by atoms with Gasteiger partial charge in [0.1, 0.15) is 6.54 Å². The van der Waals surface area contributed by atoms with Crippen molar-refractivity contribution >= 4 is 34.1 Å². The molecule has 128 valence electrons. The van der Waals surface area contributed by atoms with Gasteiger partial charge in [-0.2, -0.15) is 5.10 Å². The monoisotopic (exact) mass is 374 g/mol. The van der Waals surface area contributed by atoms with Crippen LogP contribution in [0.3, 0.4) is 0 Å². The third kappa shape index (κ3) is 4.48. The van der Waals surface area contributed by atoms with Gasteiger partial charge in [-0.3, -0.25) is 19.9 Å². The van der Waals surface area contributed by atoms with Crippen molar-refractivity contribution < 1.29 is 4.79 Å². The topological polar surface area (TPSA) is 103 Å². The van der Waals surface area contributed by atoms with Gasteiger partial charge in [-0.05, 0) is 24.0 Å². The molecule has 0 aliphatic rings. The average Bonchev–Trinajstić information content (AvgIpc) is 3.05. The van der Waals surface area contributed by atoms with Gasteiger partial charge in [0, 0.05) is 24.0 Å². The van der Waals surface area contributed by atoms with Crippen LogP contribution in [0.1, 0.15) is 6.92 Å². The highest BCUT2D eigenvalue weighted by atomic mass is 32.2. The van der Waals surface area contributed by atoms with Crippen molar-refractivity contribution in [3.8, 4) is 11.3 Å². The molecule has 0 bridgehead atoms. The molecule has 0 unspecified atom stereocenters.